The highest BCUT2D eigenvalue weighted by Gasteiger charge is 2.09. The van der Waals surface area contributed by atoms with Crippen LogP contribution in [0.2, 0.25) is 0 Å². The van der Waals surface area contributed by atoms with E-state index < -0.39 is 0 Å². The van der Waals surface area contributed by atoms with Gasteiger partial charge in [0.25, 0.3) is 0 Å². The molecule has 0 aliphatic heterocycles. The Morgan fingerprint density at radius 1 is 1.08 bits per heavy atom. The molecule has 130 valence electrons. The average molecular weight is 418 g/mol. The first kappa shape index (κ1) is 17.5. The first-order valence-electron chi connectivity index (χ1n) is 7.68. The van der Waals surface area contributed by atoms with Crippen LogP contribution in [0.25, 0.3) is 16.3 Å². The van der Waals surface area contributed by atoms with Gasteiger partial charge in [-0.3, -0.25) is 0 Å². The van der Waals surface area contributed by atoms with Gasteiger partial charge < -0.3 is 0 Å². The van der Waals surface area contributed by atoms with Crippen LogP contribution in [-0.4, -0.2) is 14.8 Å². The van der Waals surface area contributed by atoms with Crippen LogP contribution < -0.4 is 0 Å². The van der Waals surface area contributed by atoms with E-state index in [4.69, 9.17) is 17.2 Å². The first-order valence-corrected chi connectivity index (χ1v) is 10.8. The van der Waals surface area contributed by atoms with Crippen LogP contribution in [0.15, 0.2) is 64.3 Å². The lowest BCUT2D eigenvalue weighted by Gasteiger charge is -1.99. The molecule has 8 heteroatoms. The molecule has 0 unspecified atom stereocenters. The van der Waals surface area contributed by atoms with Crippen molar-refractivity contribution >= 4 is 46.7 Å². The molecular formula is C18H12FN3S4. The number of halogens is 1. The Bertz CT molecular complexity index is 1070. The van der Waals surface area contributed by atoms with Crippen molar-refractivity contribution in [3.05, 3.63) is 75.4 Å². The fraction of sp³-hybridized carbons (Fsp3) is 0.0556. The zero-order valence-electron chi connectivity index (χ0n) is 13.3. The fourth-order valence-electron chi connectivity index (χ4n) is 2.29. The summed E-state index contributed by atoms with van der Waals surface area (Å²) in [6, 6.07) is 16.3. The molecule has 2 aromatic carbocycles. The summed E-state index contributed by atoms with van der Waals surface area (Å²) in [6.45, 7) is 0. The number of thioether (sulfide) groups is 1. The minimum Gasteiger partial charge on any atom is -0.240 e. The van der Waals surface area contributed by atoms with Gasteiger partial charge in [-0.2, -0.15) is 0 Å². The molecule has 0 fully saturated rings. The van der Waals surface area contributed by atoms with E-state index in [1.807, 2.05) is 18.2 Å². The lowest BCUT2D eigenvalue weighted by Crippen LogP contribution is -1.96. The molecule has 0 spiro atoms. The van der Waals surface area contributed by atoms with Gasteiger partial charge in [-0.1, -0.05) is 53.4 Å². The van der Waals surface area contributed by atoms with Crippen molar-refractivity contribution < 1.29 is 4.39 Å². The van der Waals surface area contributed by atoms with Crippen molar-refractivity contribution in [3.63, 3.8) is 0 Å². The van der Waals surface area contributed by atoms with E-state index in [1.165, 1.54) is 23.5 Å². The van der Waals surface area contributed by atoms with Gasteiger partial charge in [-0.25, -0.2) is 14.1 Å². The van der Waals surface area contributed by atoms with Crippen LogP contribution in [-0.2, 0) is 5.75 Å². The molecule has 0 aliphatic rings. The number of rotatable bonds is 5. The molecule has 0 saturated carbocycles. The normalized spacial score (nSPS) is 11.0. The molecule has 0 aliphatic carbocycles. The molecule has 0 radical (unpaired) electrons. The molecule has 2 aromatic heterocycles. The number of nitrogens with zero attached hydrogens (tertiary/aromatic N) is 3. The molecule has 0 saturated heterocycles. The predicted octanol–water partition coefficient (Wildman–Crippen LogP) is 6.22. The van der Waals surface area contributed by atoms with Gasteiger partial charge in [0, 0.05) is 16.7 Å². The third kappa shape index (κ3) is 3.93. The molecule has 0 atom stereocenters. The molecule has 0 bridgehead atoms. The van der Waals surface area contributed by atoms with E-state index in [0.29, 0.717) is 3.95 Å². The Labute approximate surface area is 167 Å². The number of hydrogen-bond donors (Lipinski definition) is 0. The number of benzene rings is 2. The molecule has 4 rings (SSSR count). The SMILES string of the molecule is Fc1ccc(-n2nc(SCc3csc(-c4ccccc4)n3)sc2=S)cc1. The van der Waals surface area contributed by atoms with E-state index in [1.54, 1.807) is 39.9 Å². The zero-order valence-corrected chi connectivity index (χ0v) is 16.6. The van der Waals surface area contributed by atoms with Gasteiger partial charge in [-0.15, -0.1) is 16.4 Å². The second-order valence-electron chi connectivity index (χ2n) is 5.32. The van der Waals surface area contributed by atoms with Crippen molar-refractivity contribution in [1.82, 2.24) is 14.8 Å². The maximum absolute atomic E-state index is 13.1. The second-order valence-corrected chi connectivity index (χ2v) is 9.02. The van der Waals surface area contributed by atoms with Crippen LogP contribution in [0, 0.1) is 9.77 Å². The van der Waals surface area contributed by atoms with E-state index >= 15 is 0 Å². The van der Waals surface area contributed by atoms with E-state index in [9.17, 15) is 4.39 Å². The summed E-state index contributed by atoms with van der Waals surface area (Å²) in [7, 11) is 0. The topological polar surface area (TPSA) is 30.7 Å². The van der Waals surface area contributed by atoms with E-state index in [0.717, 1.165) is 32.0 Å². The third-order valence-electron chi connectivity index (χ3n) is 3.52. The van der Waals surface area contributed by atoms with Crippen molar-refractivity contribution in [2.75, 3.05) is 0 Å². The van der Waals surface area contributed by atoms with E-state index in [-0.39, 0.29) is 5.82 Å². The third-order valence-corrected chi connectivity index (χ3v) is 6.86. The van der Waals surface area contributed by atoms with Crippen molar-refractivity contribution in [2.45, 2.75) is 10.1 Å². The lowest BCUT2D eigenvalue weighted by molar-refractivity contribution is 0.627. The fourth-order valence-corrected chi connectivity index (χ4v) is 5.47. The minimum absolute atomic E-state index is 0.275. The van der Waals surface area contributed by atoms with E-state index in [2.05, 4.69) is 22.6 Å². The molecule has 0 N–H and O–H groups in total. The average Bonchev–Trinajstić information content (AvgIpc) is 3.28. The van der Waals surface area contributed by atoms with Crippen molar-refractivity contribution in [3.8, 4) is 16.3 Å². The van der Waals surface area contributed by atoms with Crippen molar-refractivity contribution in [1.29, 1.82) is 0 Å². The van der Waals surface area contributed by atoms with Gasteiger partial charge in [0.15, 0.2) is 8.29 Å². The predicted molar refractivity (Wildman–Crippen MR) is 109 cm³/mol. The number of hydrogen-bond acceptors (Lipinski definition) is 6. The van der Waals surface area contributed by atoms with Gasteiger partial charge in [-0.05, 0) is 36.5 Å². The number of thiazole rings is 1. The molecule has 3 nitrogen and oxygen atoms in total. The minimum atomic E-state index is -0.275. The molecular weight excluding hydrogens is 405 g/mol. The van der Waals surface area contributed by atoms with Gasteiger partial charge in [0.1, 0.15) is 10.8 Å². The maximum Gasteiger partial charge on any atom is 0.184 e. The quantitative estimate of drug-likeness (QED) is 0.285. The van der Waals surface area contributed by atoms with Crippen LogP contribution >= 0.6 is 46.7 Å². The van der Waals surface area contributed by atoms with Crippen LogP contribution in [0.4, 0.5) is 4.39 Å². The Balaban J connectivity index is 1.47. The zero-order chi connectivity index (χ0) is 17.9. The molecule has 4 aromatic rings. The Morgan fingerprint density at radius 3 is 2.62 bits per heavy atom. The van der Waals surface area contributed by atoms with Crippen molar-refractivity contribution in [2.24, 2.45) is 0 Å². The summed E-state index contributed by atoms with van der Waals surface area (Å²) in [6.07, 6.45) is 0. The summed E-state index contributed by atoms with van der Waals surface area (Å²) in [5.41, 5.74) is 2.91. The maximum atomic E-state index is 13.1. The monoisotopic (exact) mass is 417 g/mol. The van der Waals surface area contributed by atoms with Gasteiger partial charge in [0.2, 0.25) is 0 Å². The molecule has 26 heavy (non-hydrogen) atoms. The standard InChI is InChI=1S/C18H12FN3S4/c19-13-6-8-15(9-7-13)22-18(23)26-17(21-22)25-11-14-10-24-16(20-14)12-4-2-1-3-5-12/h1-10H,11H2. The first-order chi connectivity index (χ1) is 12.7. The molecule has 0 amide bonds. The molecule has 2 heterocycles. The Hall–Kier alpha value is -1.87. The summed E-state index contributed by atoms with van der Waals surface area (Å²) in [5, 5.41) is 7.63. The largest absolute Gasteiger partial charge is 0.240 e. The van der Waals surface area contributed by atoms with Gasteiger partial charge >= 0.3 is 0 Å². The highest BCUT2D eigenvalue weighted by atomic mass is 32.2. The second kappa shape index (κ2) is 7.79. The Kier molecular flexibility index (Phi) is 5.26. The van der Waals surface area contributed by atoms with Gasteiger partial charge in [0.05, 0.1) is 11.4 Å². The highest BCUT2D eigenvalue weighted by molar-refractivity contribution is 8.00. The lowest BCUT2D eigenvalue weighted by atomic mass is 10.2. The summed E-state index contributed by atoms with van der Waals surface area (Å²) < 4.78 is 16.3. The highest BCUT2D eigenvalue weighted by Crippen LogP contribution is 2.30. The Morgan fingerprint density at radius 2 is 1.85 bits per heavy atom. The van der Waals surface area contributed by atoms with Crippen LogP contribution in [0.5, 0.6) is 0 Å². The van der Waals surface area contributed by atoms with Crippen LogP contribution in [0.1, 0.15) is 5.69 Å². The smallest absolute Gasteiger partial charge is 0.184 e. The van der Waals surface area contributed by atoms with Crippen LogP contribution in [0.3, 0.4) is 0 Å². The number of aromatic nitrogens is 3. The summed E-state index contributed by atoms with van der Waals surface area (Å²) in [5.74, 6) is 0.456. The summed E-state index contributed by atoms with van der Waals surface area (Å²) >= 11 is 10.1. The summed E-state index contributed by atoms with van der Waals surface area (Å²) in [4.78, 5) is 4.69.